The van der Waals surface area contributed by atoms with Crippen molar-refractivity contribution in [3.05, 3.63) is 18.7 Å². The molecule has 0 fully saturated rings. The molecule has 1 aromatic heterocycles. The highest BCUT2D eigenvalue weighted by Crippen LogP contribution is 2.65. The molecule has 2 unspecified atom stereocenters. The fourth-order valence-corrected chi connectivity index (χ4v) is 3.67. The van der Waals surface area contributed by atoms with E-state index in [9.17, 15) is 13.7 Å². The Morgan fingerprint density at radius 3 is 2.06 bits per heavy atom. The van der Waals surface area contributed by atoms with E-state index in [1.807, 2.05) is 0 Å². The SMILES string of the molecule is O=P(O)(O)OP(=O)(O)OP(=O)(O)On1ccnc1. The van der Waals surface area contributed by atoms with Crippen molar-refractivity contribution < 1.29 is 46.5 Å². The van der Waals surface area contributed by atoms with Gasteiger partial charge < -0.3 is 19.3 Å². The minimum absolute atomic E-state index is 0.568. The predicted molar refractivity (Wildman–Crippen MR) is 52.7 cm³/mol. The first-order chi connectivity index (χ1) is 7.99. The molecule has 0 aliphatic heterocycles. The first-order valence-electron chi connectivity index (χ1n) is 3.81. The van der Waals surface area contributed by atoms with E-state index in [0.717, 1.165) is 18.7 Å². The highest BCUT2D eigenvalue weighted by atomic mass is 31.3. The number of nitrogens with zero attached hydrogens (tertiary/aromatic N) is 2. The Balaban J connectivity index is 2.73. The van der Waals surface area contributed by atoms with Crippen molar-refractivity contribution in [1.29, 1.82) is 0 Å². The molecule has 0 amide bonds. The van der Waals surface area contributed by atoms with E-state index in [2.05, 4.69) is 18.2 Å². The van der Waals surface area contributed by atoms with E-state index in [1.54, 1.807) is 0 Å². The van der Waals surface area contributed by atoms with Gasteiger partial charge in [-0.15, -0.1) is 0 Å². The maximum absolute atomic E-state index is 11.2. The molecular formula is C3H7N2O10P3. The monoisotopic (exact) mass is 324 g/mol. The maximum atomic E-state index is 11.2. The van der Waals surface area contributed by atoms with Gasteiger partial charge >= 0.3 is 23.5 Å². The number of phosphoric acid groups is 3. The summed E-state index contributed by atoms with van der Waals surface area (Å²) in [5, 5.41) is 0. The largest absolute Gasteiger partial charge is 0.555 e. The van der Waals surface area contributed by atoms with Crippen LogP contribution in [0.1, 0.15) is 0 Å². The molecule has 15 heteroatoms. The lowest BCUT2D eigenvalue weighted by molar-refractivity contribution is 0.160. The van der Waals surface area contributed by atoms with Crippen molar-refractivity contribution in [3.63, 3.8) is 0 Å². The fourth-order valence-electron chi connectivity index (χ4n) is 0.709. The van der Waals surface area contributed by atoms with Crippen molar-refractivity contribution in [3.8, 4) is 0 Å². The lowest BCUT2D eigenvalue weighted by Gasteiger charge is -2.15. The Kier molecular flexibility index (Phi) is 4.50. The summed E-state index contributed by atoms with van der Waals surface area (Å²) < 4.78 is 44.1. The van der Waals surface area contributed by atoms with Gasteiger partial charge in [0.25, 0.3) is 0 Å². The van der Waals surface area contributed by atoms with Gasteiger partial charge in [0.05, 0.1) is 6.20 Å². The van der Waals surface area contributed by atoms with Crippen LogP contribution in [-0.4, -0.2) is 29.3 Å². The summed E-state index contributed by atoms with van der Waals surface area (Å²) in [6, 6.07) is 0. The Morgan fingerprint density at radius 1 is 1.00 bits per heavy atom. The molecule has 2 atom stereocenters. The molecule has 0 aliphatic carbocycles. The quantitative estimate of drug-likeness (QED) is 0.502. The first kappa shape index (κ1) is 15.5. The molecule has 4 N–H and O–H groups in total. The molecule has 1 rings (SSSR count). The second-order valence-corrected chi connectivity index (χ2v) is 6.92. The third-order valence-electron chi connectivity index (χ3n) is 1.09. The average molecular weight is 324 g/mol. The van der Waals surface area contributed by atoms with Gasteiger partial charge in [-0.3, -0.25) is 4.89 Å². The van der Waals surface area contributed by atoms with Crippen molar-refractivity contribution >= 4 is 23.5 Å². The van der Waals surface area contributed by atoms with Crippen LogP contribution in [0.3, 0.4) is 0 Å². The van der Waals surface area contributed by atoms with Crippen LogP contribution in [0.2, 0.25) is 0 Å². The van der Waals surface area contributed by atoms with E-state index >= 15 is 0 Å². The van der Waals surface area contributed by atoms with Gasteiger partial charge in [-0.25, -0.2) is 18.7 Å². The van der Waals surface area contributed by atoms with Crippen LogP contribution in [0.4, 0.5) is 0 Å². The molecule has 0 saturated heterocycles. The number of hydrogen-bond donors (Lipinski definition) is 4. The fraction of sp³-hybridized carbons (Fsp3) is 0. The standard InChI is InChI=1S/C3H7N2O10P3/c6-16(7,8)14-18(11,12)15-17(9,10)13-5-2-1-4-3-5/h1-3H,(H,9,10)(H,11,12)(H2,6,7,8). The molecule has 0 spiro atoms. The van der Waals surface area contributed by atoms with Crippen LogP contribution in [0, 0.1) is 0 Å². The molecule has 1 heterocycles. The zero-order chi connectivity index (χ0) is 14.0. The Hall–Kier alpha value is -0.540. The Bertz CT molecular complexity index is 533. The van der Waals surface area contributed by atoms with Crippen LogP contribution in [0.5, 0.6) is 0 Å². The average Bonchev–Trinajstić information content (AvgIpc) is 2.46. The highest BCUT2D eigenvalue weighted by molar-refractivity contribution is 7.66. The van der Waals surface area contributed by atoms with Gasteiger partial charge in [-0.2, -0.15) is 13.4 Å². The van der Waals surface area contributed by atoms with E-state index < -0.39 is 23.5 Å². The zero-order valence-electron chi connectivity index (χ0n) is 8.21. The number of aromatic nitrogens is 2. The summed E-state index contributed by atoms with van der Waals surface area (Å²) in [6.45, 7) is 0. The molecular weight excluding hydrogens is 317 g/mol. The van der Waals surface area contributed by atoms with Gasteiger partial charge in [0.2, 0.25) is 0 Å². The van der Waals surface area contributed by atoms with E-state index in [1.165, 1.54) is 0 Å². The number of hydrogen-bond acceptors (Lipinski definition) is 7. The number of imidazole rings is 1. The minimum Gasteiger partial charge on any atom is -0.310 e. The van der Waals surface area contributed by atoms with Crippen molar-refractivity contribution in [2.24, 2.45) is 0 Å². The van der Waals surface area contributed by atoms with Crippen LogP contribution >= 0.6 is 23.5 Å². The van der Waals surface area contributed by atoms with E-state index in [-0.39, 0.29) is 0 Å². The smallest absolute Gasteiger partial charge is 0.310 e. The summed E-state index contributed by atoms with van der Waals surface area (Å²) in [6.07, 6.45) is 3.13. The normalized spacial score (nSPS) is 18.9. The topological polar surface area (TPSA) is 178 Å². The van der Waals surface area contributed by atoms with Crippen LogP contribution in [0.15, 0.2) is 18.7 Å². The molecule has 104 valence electrons. The van der Waals surface area contributed by atoms with Crippen molar-refractivity contribution in [1.82, 2.24) is 9.71 Å². The summed E-state index contributed by atoms with van der Waals surface area (Å²) in [4.78, 5) is 37.7. The Labute approximate surface area is 99.2 Å². The lowest BCUT2D eigenvalue weighted by atomic mass is 11.0. The zero-order valence-corrected chi connectivity index (χ0v) is 10.9. The van der Waals surface area contributed by atoms with Gasteiger partial charge in [0, 0.05) is 6.20 Å². The van der Waals surface area contributed by atoms with Gasteiger partial charge in [0.15, 0.2) is 0 Å². The molecule has 1 aromatic rings. The van der Waals surface area contributed by atoms with Crippen LogP contribution in [0.25, 0.3) is 0 Å². The molecule has 0 bridgehead atoms. The molecule has 12 nitrogen and oxygen atoms in total. The second kappa shape index (κ2) is 5.22. The van der Waals surface area contributed by atoms with Crippen molar-refractivity contribution in [2.45, 2.75) is 0 Å². The highest BCUT2D eigenvalue weighted by Gasteiger charge is 2.41. The minimum atomic E-state index is -5.49. The number of rotatable bonds is 6. The van der Waals surface area contributed by atoms with Crippen LogP contribution < -0.4 is 4.62 Å². The van der Waals surface area contributed by atoms with Gasteiger partial charge in [-0.1, -0.05) is 0 Å². The summed E-state index contributed by atoms with van der Waals surface area (Å²) in [5.74, 6) is 0. The lowest BCUT2D eigenvalue weighted by Crippen LogP contribution is -2.08. The van der Waals surface area contributed by atoms with Crippen LogP contribution in [-0.2, 0) is 22.3 Å². The van der Waals surface area contributed by atoms with E-state index in [0.29, 0.717) is 4.73 Å². The third-order valence-corrected chi connectivity index (χ3v) is 4.82. The molecule has 0 aliphatic rings. The Morgan fingerprint density at radius 2 is 1.61 bits per heavy atom. The summed E-state index contributed by atoms with van der Waals surface area (Å²) >= 11 is 0. The van der Waals surface area contributed by atoms with E-state index in [4.69, 9.17) is 19.6 Å². The van der Waals surface area contributed by atoms with Gasteiger partial charge in [0.1, 0.15) is 6.33 Å². The van der Waals surface area contributed by atoms with Crippen molar-refractivity contribution in [2.75, 3.05) is 0 Å². The second-order valence-electron chi connectivity index (χ2n) is 2.60. The maximum Gasteiger partial charge on any atom is 0.555 e. The molecule has 18 heavy (non-hydrogen) atoms. The first-order valence-corrected chi connectivity index (χ1v) is 8.33. The molecule has 0 saturated carbocycles. The molecule has 0 radical (unpaired) electrons. The van der Waals surface area contributed by atoms with Gasteiger partial charge in [-0.05, 0) is 0 Å². The molecule has 0 aromatic carbocycles. The summed E-state index contributed by atoms with van der Waals surface area (Å²) in [5.41, 5.74) is 0. The predicted octanol–water partition coefficient (Wildman–Crippen LogP) is -0.362. The summed E-state index contributed by atoms with van der Waals surface area (Å²) in [7, 11) is -16.0. The third kappa shape index (κ3) is 5.87.